The molecule has 0 saturated heterocycles. The zero-order valence-corrected chi connectivity index (χ0v) is 14.4. The van der Waals surface area contributed by atoms with Crippen LogP contribution in [0.1, 0.15) is 23.9 Å². The Morgan fingerprint density at radius 3 is 3.08 bits per heavy atom. The number of halogens is 1. The fraction of sp³-hybridized carbons (Fsp3) is 0.333. The number of nitrogens with zero attached hydrogens (tertiary/aromatic N) is 3. The minimum atomic E-state index is -0.352. The lowest BCUT2D eigenvalue weighted by molar-refractivity contribution is -0.121. The van der Waals surface area contributed by atoms with Crippen molar-refractivity contribution >= 4 is 33.4 Å². The highest BCUT2D eigenvalue weighted by Crippen LogP contribution is 2.23. The van der Waals surface area contributed by atoms with Gasteiger partial charge in [-0.05, 0) is 25.1 Å². The van der Waals surface area contributed by atoms with E-state index < -0.39 is 0 Å². The van der Waals surface area contributed by atoms with Gasteiger partial charge in [0.2, 0.25) is 5.13 Å². The van der Waals surface area contributed by atoms with Gasteiger partial charge in [0.05, 0.1) is 11.0 Å². The number of hydrogen-bond donors (Lipinski definition) is 2. The lowest BCUT2D eigenvalue weighted by atomic mass is 10.3. The summed E-state index contributed by atoms with van der Waals surface area (Å²) in [5, 5.41) is 11.5. The number of aromatic amines is 1. The van der Waals surface area contributed by atoms with Crippen molar-refractivity contribution in [1.82, 2.24) is 20.2 Å². The molecule has 0 aliphatic carbocycles. The second-order valence-electron chi connectivity index (χ2n) is 5.21. The number of hydrogen-bond acceptors (Lipinski definition) is 7. The van der Waals surface area contributed by atoms with Crippen molar-refractivity contribution < 1.29 is 18.7 Å². The molecule has 1 atom stereocenters. The molecule has 0 spiro atoms. The van der Waals surface area contributed by atoms with Crippen LogP contribution in [-0.2, 0) is 20.9 Å². The highest BCUT2D eigenvalue weighted by molar-refractivity contribution is 7.15. The number of fused-ring (bicyclic) bond motifs is 1. The third-order valence-corrected chi connectivity index (χ3v) is 4.35. The number of imidazole rings is 1. The SMILES string of the molecule is COC(C)c1nnc(NC(=O)COCc2nc3ccc(F)cc3[nH]2)s1. The summed E-state index contributed by atoms with van der Waals surface area (Å²) in [6.07, 6.45) is -0.183. The van der Waals surface area contributed by atoms with Gasteiger partial charge in [0.15, 0.2) is 0 Å². The molecule has 25 heavy (non-hydrogen) atoms. The number of H-pyrrole nitrogens is 1. The van der Waals surface area contributed by atoms with Crippen LogP contribution in [0.4, 0.5) is 9.52 Å². The summed E-state index contributed by atoms with van der Waals surface area (Å²) in [6, 6.07) is 4.26. The maximum absolute atomic E-state index is 13.1. The Labute approximate surface area is 146 Å². The first kappa shape index (κ1) is 17.4. The van der Waals surface area contributed by atoms with Crippen molar-refractivity contribution in [2.75, 3.05) is 19.0 Å². The molecule has 8 nitrogen and oxygen atoms in total. The van der Waals surface area contributed by atoms with Crippen molar-refractivity contribution in [2.24, 2.45) is 0 Å². The number of amides is 1. The molecule has 132 valence electrons. The number of carbonyl (C=O) groups excluding carboxylic acids is 1. The highest BCUT2D eigenvalue weighted by atomic mass is 32.1. The molecule has 1 aromatic carbocycles. The van der Waals surface area contributed by atoms with Gasteiger partial charge in [-0.2, -0.15) is 0 Å². The van der Waals surface area contributed by atoms with E-state index in [1.165, 1.54) is 23.5 Å². The molecular formula is C15H16FN5O3S. The Kier molecular flexibility index (Phi) is 5.31. The third kappa shape index (κ3) is 4.35. The molecule has 10 heteroatoms. The van der Waals surface area contributed by atoms with E-state index in [4.69, 9.17) is 9.47 Å². The summed E-state index contributed by atoms with van der Waals surface area (Å²) in [5.74, 6) is -0.183. The van der Waals surface area contributed by atoms with Gasteiger partial charge in [-0.15, -0.1) is 10.2 Å². The Morgan fingerprint density at radius 1 is 1.44 bits per heavy atom. The maximum Gasteiger partial charge on any atom is 0.252 e. The average molecular weight is 365 g/mol. The summed E-state index contributed by atoms with van der Waals surface area (Å²) >= 11 is 1.24. The van der Waals surface area contributed by atoms with E-state index in [2.05, 4.69) is 25.5 Å². The molecule has 1 amide bonds. The van der Waals surface area contributed by atoms with E-state index in [-0.39, 0.29) is 31.0 Å². The van der Waals surface area contributed by atoms with E-state index >= 15 is 0 Å². The quantitative estimate of drug-likeness (QED) is 0.667. The predicted octanol–water partition coefficient (Wildman–Crippen LogP) is 2.42. The van der Waals surface area contributed by atoms with Gasteiger partial charge in [0.1, 0.15) is 36.0 Å². The van der Waals surface area contributed by atoms with Gasteiger partial charge < -0.3 is 14.5 Å². The van der Waals surface area contributed by atoms with Crippen LogP contribution in [0.2, 0.25) is 0 Å². The molecule has 0 aliphatic rings. The highest BCUT2D eigenvalue weighted by Gasteiger charge is 2.13. The molecule has 2 heterocycles. The van der Waals surface area contributed by atoms with Gasteiger partial charge in [-0.1, -0.05) is 11.3 Å². The fourth-order valence-electron chi connectivity index (χ4n) is 2.05. The molecule has 2 aromatic heterocycles. The number of carbonyl (C=O) groups is 1. The van der Waals surface area contributed by atoms with Gasteiger partial charge in [-0.25, -0.2) is 9.37 Å². The lowest BCUT2D eigenvalue weighted by Crippen LogP contribution is -2.18. The van der Waals surface area contributed by atoms with Gasteiger partial charge in [0.25, 0.3) is 5.91 Å². The Bertz CT molecular complexity index is 881. The second-order valence-corrected chi connectivity index (χ2v) is 6.22. The van der Waals surface area contributed by atoms with Crippen LogP contribution in [0.15, 0.2) is 18.2 Å². The van der Waals surface area contributed by atoms with Crippen molar-refractivity contribution in [2.45, 2.75) is 19.6 Å². The number of aromatic nitrogens is 4. The van der Waals surface area contributed by atoms with E-state index in [1.54, 1.807) is 13.2 Å². The van der Waals surface area contributed by atoms with Crippen molar-refractivity contribution in [3.8, 4) is 0 Å². The number of rotatable bonds is 7. The molecule has 0 fully saturated rings. The summed E-state index contributed by atoms with van der Waals surface area (Å²) < 4.78 is 23.6. The Balaban J connectivity index is 1.49. The summed E-state index contributed by atoms with van der Waals surface area (Å²) in [6.45, 7) is 1.78. The number of anilines is 1. The average Bonchev–Trinajstić information content (AvgIpc) is 3.20. The monoisotopic (exact) mass is 365 g/mol. The summed E-state index contributed by atoms with van der Waals surface area (Å²) in [5.41, 5.74) is 1.22. The van der Waals surface area contributed by atoms with Gasteiger partial charge in [0, 0.05) is 7.11 Å². The fourth-order valence-corrected chi connectivity index (χ4v) is 2.84. The molecule has 0 radical (unpaired) electrons. The van der Waals surface area contributed by atoms with Crippen LogP contribution < -0.4 is 5.32 Å². The zero-order valence-electron chi connectivity index (χ0n) is 13.6. The molecular weight excluding hydrogens is 349 g/mol. The largest absolute Gasteiger partial charge is 0.374 e. The van der Waals surface area contributed by atoms with Crippen LogP contribution in [0.5, 0.6) is 0 Å². The first-order valence-corrected chi connectivity index (χ1v) is 8.24. The maximum atomic E-state index is 13.1. The molecule has 3 rings (SSSR count). The number of benzene rings is 1. The minimum absolute atomic E-state index is 0.103. The zero-order chi connectivity index (χ0) is 17.8. The molecule has 2 N–H and O–H groups in total. The van der Waals surface area contributed by atoms with Crippen molar-refractivity contribution in [1.29, 1.82) is 0 Å². The first-order valence-electron chi connectivity index (χ1n) is 7.43. The molecule has 3 aromatic rings. The standard InChI is InChI=1S/C15H16FN5O3S/c1-8(23-2)14-20-21-15(25-14)19-13(22)7-24-6-12-17-10-4-3-9(16)5-11(10)18-12/h3-5,8H,6-7H2,1-2H3,(H,17,18)(H,19,21,22). The van der Waals surface area contributed by atoms with Crippen LogP contribution >= 0.6 is 11.3 Å². The molecule has 0 aliphatic heterocycles. The van der Waals surface area contributed by atoms with Crippen molar-refractivity contribution in [3.05, 3.63) is 34.8 Å². The second kappa shape index (κ2) is 7.64. The molecule has 1 unspecified atom stereocenters. The number of methoxy groups -OCH3 is 1. The van der Waals surface area contributed by atoms with Crippen LogP contribution in [-0.4, -0.2) is 39.8 Å². The normalized spacial score (nSPS) is 12.4. The minimum Gasteiger partial charge on any atom is -0.374 e. The number of ether oxygens (including phenoxy) is 2. The van der Waals surface area contributed by atoms with Crippen LogP contribution in [0.25, 0.3) is 11.0 Å². The van der Waals surface area contributed by atoms with E-state index in [0.717, 1.165) is 0 Å². The van der Waals surface area contributed by atoms with Crippen LogP contribution in [0.3, 0.4) is 0 Å². The van der Waals surface area contributed by atoms with Gasteiger partial charge >= 0.3 is 0 Å². The van der Waals surface area contributed by atoms with E-state index in [9.17, 15) is 9.18 Å². The topological polar surface area (TPSA) is 102 Å². The first-order chi connectivity index (χ1) is 12.0. The van der Waals surface area contributed by atoms with Crippen molar-refractivity contribution in [3.63, 3.8) is 0 Å². The van der Waals surface area contributed by atoms with Crippen LogP contribution in [0, 0.1) is 5.82 Å². The molecule has 0 bridgehead atoms. The third-order valence-electron chi connectivity index (χ3n) is 3.35. The van der Waals surface area contributed by atoms with E-state index in [0.29, 0.717) is 27.0 Å². The van der Waals surface area contributed by atoms with Gasteiger partial charge in [-0.3, -0.25) is 10.1 Å². The Hall–Kier alpha value is -2.43. The summed E-state index contributed by atoms with van der Waals surface area (Å²) in [4.78, 5) is 19.1. The Morgan fingerprint density at radius 2 is 2.28 bits per heavy atom. The molecule has 0 saturated carbocycles. The smallest absolute Gasteiger partial charge is 0.252 e. The van der Waals surface area contributed by atoms with E-state index in [1.807, 2.05) is 6.92 Å². The summed E-state index contributed by atoms with van der Waals surface area (Å²) in [7, 11) is 1.57. The number of nitrogens with one attached hydrogen (secondary N) is 2. The lowest BCUT2D eigenvalue weighted by Gasteiger charge is -2.03. The predicted molar refractivity (Wildman–Crippen MR) is 89.7 cm³/mol.